The maximum atomic E-state index is 13.8. The molecule has 16 heavy (non-hydrogen) atoms. The molecule has 1 aromatic carbocycles. The van der Waals surface area contributed by atoms with Gasteiger partial charge in [-0.2, -0.15) is 5.12 Å². The average Bonchev–Trinajstić information content (AvgIpc) is 2.14. The summed E-state index contributed by atoms with van der Waals surface area (Å²) in [7, 11) is 0. The molecule has 0 spiro atoms. The lowest BCUT2D eigenvalue weighted by Crippen LogP contribution is -2.39. The molecule has 88 valence electrons. The van der Waals surface area contributed by atoms with Gasteiger partial charge in [-0.05, 0) is 46.2 Å². The van der Waals surface area contributed by atoms with E-state index in [1.807, 2.05) is 26.0 Å². The number of halogens is 1. The molecule has 0 aliphatic heterocycles. The van der Waals surface area contributed by atoms with Gasteiger partial charge in [0, 0.05) is 5.56 Å². The number of carbonyl (C=O) groups excluding carboxylic acids is 1. The zero-order chi connectivity index (χ0) is 12.5. The number of aryl methyl sites for hydroxylation is 2. The van der Waals surface area contributed by atoms with Crippen LogP contribution in [0.4, 0.5) is 4.48 Å². The Morgan fingerprint density at radius 3 is 2.25 bits per heavy atom. The van der Waals surface area contributed by atoms with E-state index in [1.54, 1.807) is 26.8 Å². The molecule has 0 N–H and O–H groups in total. The fraction of sp³-hybridized carbons (Fsp3) is 0.462. The highest BCUT2D eigenvalue weighted by Gasteiger charge is 2.28. The maximum Gasteiger partial charge on any atom is 0.282 e. The third-order valence-electron chi connectivity index (χ3n) is 2.38. The van der Waals surface area contributed by atoms with Gasteiger partial charge >= 0.3 is 0 Å². The molecule has 3 heteroatoms. The van der Waals surface area contributed by atoms with Crippen LogP contribution in [0, 0.1) is 13.8 Å². The Morgan fingerprint density at radius 1 is 1.25 bits per heavy atom. The molecule has 2 nitrogen and oxygen atoms in total. The molecule has 1 amide bonds. The zero-order valence-electron chi connectivity index (χ0n) is 10.5. The van der Waals surface area contributed by atoms with Crippen LogP contribution in [0.3, 0.4) is 0 Å². The molecule has 0 heterocycles. The van der Waals surface area contributed by atoms with Crippen LogP contribution < -0.4 is 0 Å². The first-order chi connectivity index (χ1) is 7.23. The fourth-order valence-electron chi connectivity index (χ4n) is 1.46. The van der Waals surface area contributed by atoms with Crippen molar-refractivity contribution in [3.63, 3.8) is 0 Å². The minimum Gasteiger partial charge on any atom is -0.266 e. The Hall–Kier alpha value is -1.38. The summed E-state index contributed by atoms with van der Waals surface area (Å²) in [4.78, 5) is 11.9. The smallest absolute Gasteiger partial charge is 0.266 e. The summed E-state index contributed by atoms with van der Waals surface area (Å²) >= 11 is 0. The van der Waals surface area contributed by atoms with Crippen molar-refractivity contribution >= 4 is 5.91 Å². The van der Waals surface area contributed by atoms with Crippen LogP contribution in [0.15, 0.2) is 18.2 Å². The summed E-state index contributed by atoms with van der Waals surface area (Å²) in [5.41, 5.74) is 1.48. The lowest BCUT2D eigenvalue weighted by Gasteiger charge is -2.27. The Labute approximate surface area is 96.0 Å². The van der Waals surface area contributed by atoms with Crippen molar-refractivity contribution in [1.82, 2.24) is 5.12 Å². The highest BCUT2D eigenvalue weighted by Crippen LogP contribution is 2.20. The number of rotatable bonds is 1. The molecule has 1 aromatic rings. The minimum absolute atomic E-state index is 0.282. The maximum absolute atomic E-state index is 13.8. The Morgan fingerprint density at radius 2 is 1.81 bits per heavy atom. The van der Waals surface area contributed by atoms with Crippen molar-refractivity contribution in [2.45, 2.75) is 40.2 Å². The molecule has 0 bridgehead atoms. The molecule has 0 unspecified atom stereocenters. The molecule has 0 atom stereocenters. The molecule has 0 aliphatic rings. The van der Waals surface area contributed by atoms with Gasteiger partial charge in [0.25, 0.3) is 5.91 Å². The van der Waals surface area contributed by atoms with Crippen LogP contribution in [0.25, 0.3) is 0 Å². The quantitative estimate of drug-likeness (QED) is 0.668. The van der Waals surface area contributed by atoms with E-state index in [0.717, 1.165) is 11.1 Å². The largest absolute Gasteiger partial charge is 0.282 e. The third kappa shape index (κ3) is 2.60. The van der Waals surface area contributed by atoms with Crippen LogP contribution >= 0.6 is 0 Å². The lowest BCUT2D eigenvalue weighted by atomic mass is 10.0. The Balaban J connectivity index is 3.06. The van der Waals surface area contributed by atoms with E-state index in [9.17, 15) is 9.28 Å². The first-order valence-corrected chi connectivity index (χ1v) is 5.31. The highest BCUT2D eigenvalue weighted by molar-refractivity contribution is 5.95. The molecule has 0 saturated heterocycles. The third-order valence-corrected chi connectivity index (χ3v) is 2.38. The SMILES string of the molecule is Cc1ccc(C(=O)N(F)C(C)(C)C)c(C)c1. The van der Waals surface area contributed by atoms with Gasteiger partial charge in [0.05, 0.1) is 5.54 Å². The predicted molar refractivity (Wildman–Crippen MR) is 62.9 cm³/mol. The van der Waals surface area contributed by atoms with Crippen molar-refractivity contribution in [3.8, 4) is 0 Å². The minimum atomic E-state index is -0.811. The first kappa shape index (κ1) is 12.7. The van der Waals surface area contributed by atoms with E-state index < -0.39 is 11.4 Å². The fourth-order valence-corrected chi connectivity index (χ4v) is 1.46. The second kappa shape index (κ2) is 4.24. The van der Waals surface area contributed by atoms with Crippen molar-refractivity contribution < 1.29 is 9.28 Å². The van der Waals surface area contributed by atoms with Crippen molar-refractivity contribution in [2.75, 3.05) is 0 Å². The van der Waals surface area contributed by atoms with Crippen LogP contribution in [0.1, 0.15) is 42.3 Å². The monoisotopic (exact) mass is 223 g/mol. The Bertz CT molecular complexity index is 407. The van der Waals surface area contributed by atoms with E-state index in [2.05, 4.69) is 0 Å². The molecule has 1 rings (SSSR count). The molecule has 0 aliphatic carbocycles. The molecule has 0 aromatic heterocycles. The summed E-state index contributed by atoms with van der Waals surface area (Å²) in [6.07, 6.45) is 0. The van der Waals surface area contributed by atoms with Crippen LogP contribution in [0.2, 0.25) is 0 Å². The van der Waals surface area contributed by atoms with E-state index in [0.29, 0.717) is 5.56 Å². The number of nitrogens with zero attached hydrogens (tertiary/aromatic N) is 1. The summed E-state index contributed by atoms with van der Waals surface area (Å²) in [5, 5.41) is 0.282. The van der Waals surface area contributed by atoms with E-state index >= 15 is 0 Å². The van der Waals surface area contributed by atoms with E-state index in [4.69, 9.17) is 0 Å². The average molecular weight is 223 g/mol. The standard InChI is InChI=1S/C13H18FNO/c1-9-6-7-11(10(2)8-9)12(16)15(14)13(3,4)5/h6-8H,1-5H3. The number of amides is 1. The van der Waals surface area contributed by atoms with E-state index in [1.165, 1.54) is 0 Å². The number of hydrogen-bond donors (Lipinski definition) is 0. The lowest BCUT2D eigenvalue weighted by molar-refractivity contribution is -0.0322. The van der Waals surface area contributed by atoms with Crippen molar-refractivity contribution in [3.05, 3.63) is 34.9 Å². The van der Waals surface area contributed by atoms with E-state index in [-0.39, 0.29) is 5.12 Å². The van der Waals surface area contributed by atoms with Gasteiger partial charge in [0.1, 0.15) is 0 Å². The van der Waals surface area contributed by atoms with Crippen molar-refractivity contribution in [2.24, 2.45) is 0 Å². The number of hydrogen-bond acceptors (Lipinski definition) is 1. The van der Waals surface area contributed by atoms with Gasteiger partial charge in [-0.3, -0.25) is 4.79 Å². The number of benzene rings is 1. The predicted octanol–water partition coefficient (Wildman–Crippen LogP) is 3.43. The Kier molecular flexibility index (Phi) is 3.36. The molecule has 0 saturated carbocycles. The highest BCUT2D eigenvalue weighted by atomic mass is 19.2. The summed E-state index contributed by atoms with van der Waals surface area (Å²) in [6, 6.07) is 5.37. The van der Waals surface area contributed by atoms with Crippen LogP contribution in [-0.4, -0.2) is 16.6 Å². The normalized spacial score (nSPS) is 11.4. The molecule has 0 radical (unpaired) electrons. The number of carbonyl (C=O) groups is 1. The van der Waals surface area contributed by atoms with Gasteiger partial charge in [0.15, 0.2) is 0 Å². The zero-order valence-corrected chi connectivity index (χ0v) is 10.5. The topological polar surface area (TPSA) is 20.3 Å². The molecular formula is C13H18FNO. The molecular weight excluding hydrogens is 205 g/mol. The van der Waals surface area contributed by atoms with Gasteiger partial charge in [-0.15, -0.1) is 0 Å². The van der Waals surface area contributed by atoms with Gasteiger partial charge in [0.2, 0.25) is 0 Å². The van der Waals surface area contributed by atoms with Crippen molar-refractivity contribution in [1.29, 1.82) is 0 Å². The van der Waals surface area contributed by atoms with Crippen LogP contribution in [-0.2, 0) is 0 Å². The summed E-state index contributed by atoms with van der Waals surface area (Å²) in [5.74, 6) is -0.579. The molecule has 0 fully saturated rings. The summed E-state index contributed by atoms with van der Waals surface area (Å²) in [6.45, 7) is 8.74. The van der Waals surface area contributed by atoms with Crippen LogP contribution in [0.5, 0.6) is 0 Å². The van der Waals surface area contributed by atoms with Gasteiger partial charge in [-0.25, -0.2) is 0 Å². The second-order valence-electron chi connectivity index (χ2n) is 5.08. The summed E-state index contributed by atoms with van der Waals surface area (Å²) < 4.78 is 13.8. The second-order valence-corrected chi connectivity index (χ2v) is 5.08. The van der Waals surface area contributed by atoms with Gasteiger partial charge < -0.3 is 0 Å². The van der Waals surface area contributed by atoms with Gasteiger partial charge in [-0.1, -0.05) is 22.2 Å². The first-order valence-electron chi connectivity index (χ1n) is 5.31.